The Labute approximate surface area is 145 Å². The van der Waals surface area contributed by atoms with E-state index >= 15 is 0 Å². The number of nitrogens with zero attached hydrogens (tertiary/aromatic N) is 3. The van der Waals surface area contributed by atoms with E-state index in [0.29, 0.717) is 6.42 Å². The third kappa shape index (κ3) is 3.59. The van der Waals surface area contributed by atoms with Gasteiger partial charge in [0.15, 0.2) is 5.03 Å². The summed E-state index contributed by atoms with van der Waals surface area (Å²) in [7, 11) is -7.54. The summed E-state index contributed by atoms with van der Waals surface area (Å²) in [5.74, 6) is -0.522. The molecule has 25 heavy (non-hydrogen) atoms. The van der Waals surface area contributed by atoms with Crippen molar-refractivity contribution < 1.29 is 21.2 Å². The van der Waals surface area contributed by atoms with Gasteiger partial charge in [-0.15, -0.1) is 0 Å². The number of hydrogen-bond acceptors (Lipinski definition) is 5. The fourth-order valence-corrected chi connectivity index (χ4v) is 5.46. The molecule has 0 aliphatic carbocycles. The van der Waals surface area contributed by atoms with Gasteiger partial charge in [-0.2, -0.15) is 8.61 Å². The van der Waals surface area contributed by atoms with Crippen LogP contribution in [-0.4, -0.2) is 61.6 Å². The quantitative estimate of drug-likeness (QED) is 0.828. The third-order valence-electron chi connectivity index (χ3n) is 3.96. The Morgan fingerprint density at radius 3 is 2.08 bits per heavy atom. The average Bonchev–Trinajstić information content (AvgIpc) is 3.00. The summed E-state index contributed by atoms with van der Waals surface area (Å²) in [6.45, 7) is 0.445. The highest BCUT2D eigenvalue weighted by Crippen LogP contribution is 2.20. The number of nitrogens with one attached hydrogen (secondary N) is 1. The molecule has 0 amide bonds. The second-order valence-corrected chi connectivity index (χ2v) is 9.38. The van der Waals surface area contributed by atoms with Crippen molar-refractivity contribution >= 4 is 20.0 Å². The zero-order valence-corrected chi connectivity index (χ0v) is 14.8. The van der Waals surface area contributed by atoms with Crippen LogP contribution in [0.4, 0.5) is 4.39 Å². The first-order valence-corrected chi connectivity index (χ1v) is 10.4. The largest absolute Gasteiger partial charge is 0.335 e. The van der Waals surface area contributed by atoms with Crippen molar-refractivity contribution in [1.29, 1.82) is 0 Å². The SMILES string of the molecule is O=S(=O)(c1ccc(F)cc1)N1CCCN(S(=O)(=O)c2cnc[nH]2)CC1. The van der Waals surface area contributed by atoms with E-state index in [1.54, 1.807) is 0 Å². The molecule has 0 bridgehead atoms. The van der Waals surface area contributed by atoms with Crippen LogP contribution >= 0.6 is 0 Å². The van der Waals surface area contributed by atoms with Gasteiger partial charge in [0.2, 0.25) is 10.0 Å². The summed E-state index contributed by atoms with van der Waals surface area (Å²) < 4.78 is 65.8. The Hall–Kier alpha value is -1.82. The topological polar surface area (TPSA) is 103 Å². The predicted molar refractivity (Wildman–Crippen MR) is 87.1 cm³/mol. The Morgan fingerprint density at radius 1 is 0.920 bits per heavy atom. The summed E-state index contributed by atoms with van der Waals surface area (Å²) in [6, 6.07) is 4.57. The van der Waals surface area contributed by atoms with Gasteiger partial charge < -0.3 is 4.98 Å². The van der Waals surface area contributed by atoms with E-state index in [2.05, 4.69) is 9.97 Å². The molecule has 11 heteroatoms. The molecule has 3 rings (SSSR count). The Kier molecular flexibility index (Phi) is 4.91. The van der Waals surface area contributed by atoms with Crippen molar-refractivity contribution in [2.45, 2.75) is 16.3 Å². The van der Waals surface area contributed by atoms with Gasteiger partial charge in [0.05, 0.1) is 17.4 Å². The normalized spacial score (nSPS) is 18.1. The van der Waals surface area contributed by atoms with Gasteiger partial charge in [-0.1, -0.05) is 0 Å². The second-order valence-electron chi connectivity index (χ2n) is 5.53. The van der Waals surface area contributed by atoms with E-state index in [0.717, 1.165) is 12.1 Å². The van der Waals surface area contributed by atoms with Crippen LogP contribution in [0.5, 0.6) is 0 Å². The van der Waals surface area contributed by atoms with E-state index in [9.17, 15) is 21.2 Å². The summed E-state index contributed by atoms with van der Waals surface area (Å²) in [5.41, 5.74) is 0. The zero-order chi connectivity index (χ0) is 18.1. The Bertz CT molecular complexity index is 928. The monoisotopic (exact) mass is 388 g/mol. The van der Waals surface area contributed by atoms with Crippen LogP contribution in [0, 0.1) is 5.82 Å². The highest BCUT2D eigenvalue weighted by molar-refractivity contribution is 7.89. The highest BCUT2D eigenvalue weighted by atomic mass is 32.2. The molecule has 2 heterocycles. The van der Waals surface area contributed by atoms with Crippen LogP contribution in [0.1, 0.15) is 6.42 Å². The lowest BCUT2D eigenvalue weighted by Crippen LogP contribution is -2.37. The molecule has 1 aromatic carbocycles. The van der Waals surface area contributed by atoms with E-state index in [-0.39, 0.29) is 36.1 Å². The molecule has 136 valence electrons. The predicted octanol–water partition coefficient (Wildman–Crippen LogP) is 0.634. The van der Waals surface area contributed by atoms with Gasteiger partial charge >= 0.3 is 0 Å². The smallest absolute Gasteiger partial charge is 0.260 e. The second kappa shape index (κ2) is 6.83. The number of imidazole rings is 1. The van der Waals surface area contributed by atoms with Crippen LogP contribution in [0.3, 0.4) is 0 Å². The lowest BCUT2D eigenvalue weighted by molar-refractivity contribution is 0.403. The van der Waals surface area contributed by atoms with E-state index < -0.39 is 25.9 Å². The molecule has 0 saturated carbocycles. The molecule has 0 spiro atoms. The maximum Gasteiger partial charge on any atom is 0.260 e. The lowest BCUT2D eigenvalue weighted by Gasteiger charge is -2.21. The number of sulfonamides is 2. The fraction of sp³-hybridized carbons (Fsp3) is 0.357. The lowest BCUT2D eigenvalue weighted by atomic mass is 10.4. The maximum absolute atomic E-state index is 13.0. The number of aromatic nitrogens is 2. The maximum atomic E-state index is 13.0. The van der Waals surface area contributed by atoms with Gasteiger partial charge in [-0.05, 0) is 30.7 Å². The molecule has 1 fully saturated rings. The van der Waals surface area contributed by atoms with E-state index in [1.807, 2.05) is 0 Å². The molecular weight excluding hydrogens is 371 g/mol. The molecule has 1 aliphatic rings. The molecule has 0 atom stereocenters. The Balaban J connectivity index is 1.79. The minimum Gasteiger partial charge on any atom is -0.335 e. The molecule has 1 aliphatic heterocycles. The summed E-state index contributed by atoms with van der Waals surface area (Å²) in [4.78, 5) is 6.25. The molecule has 0 unspecified atom stereocenters. The minimum atomic E-state index is -3.80. The molecule has 2 aromatic rings. The van der Waals surface area contributed by atoms with E-state index in [4.69, 9.17) is 0 Å². The van der Waals surface area contributed by atoms with Crippen molar-refractivity contribution in [3.8, 4) is 0 Å². The summed E-state index contributed by atoms with van der Waals surface area (Å²) in [5, 5.41) is -0.0256. The van der Waals surface area contributed by atoms with Crippen molar-refractivity contribution in [3.63, 3.8) is 0 Å². The molecule has 0 radical (unpaired) electrons. The number of halogens is 1. The van der Waals surface area contributed by atoms with E-state index in [1.165, 1.54) is 33.3 Å². The van der Waals surface area contributed by atoms with Crippen LogP contribution < -0.4 is 0 Å². The van der Waals surface area contributed by atoms with Gasteiger partial charge in [-0.25, -0.2) is 26.2 Å². The molecule has 8 nitrogen and oxygen atoms in total. The third-order valence-corrected chi connectivity index (χ3v) is 7.69. The zero-order valence-electron chi connectivity index (χ0n) is 13.2. The number of benzene rings is 1. The molecule has 1 aromatic heterocycles. The van der Waals surface area contributed by atoms with Crippen LogP contribution in [0.2, 0.25) is 0 Å². The van der Waals surface area contributed by atoms with Crippen molar-refractivity contribution in [3.05, 3.63) is 42.6 Å². The highest BCUT2D eigenvalue weighted by Gasteiger charge is 2.32. The van der Waals surface area contributed by atoms with Crippen LogP contribution in [0.25, 0.3) is 0 Å². The van der Waals surface area contributed by atoms with Crippen molar-refractivity contribution in [1.82, 2.24) is 18.6 Å². The standard InChI is InChI=1S/C14H17FN4O4S2/c15-12-2-4-13(5-3-12)24(20,21)18-6-1-7-19(9-8-18)25(22,23)14-10-16-11-17-14/h2-5,10-11H,1,6-9H2,(H,16,17). The number of hydrogen-bond donors (Lipinski definition) is 1. The first kappa shape index (κ1) is 18.0. The summed E-state index contributed by atoms with van der Waals surface area (Å²) in [6.07, 6.45) is 2.84. The summed E-state index contributed by atoms with van der Waals surface area (Å²) >= 11 is 0. The van der Waals surface area contributed by atoms with Gasteiger partial charge in [0.1, 0.15) is 5.82 Å². The number of aromatic amines is 1. The van der Waals surface area contributed by atoms with Crippen LogP contribution in [0.15, 0.2) is 46.7 Å². The first-order valence-electron chi connectivity index (χ1n) is 7.56. The minimum absolute atomic E-state index is 0.0150. The first-order chi connectivity index (χ1) is 11.8. The average molecular weight is 388 g/mol. The fourth-order valence-electron chi connectivity index (χ4n) is 2.63. The van der Waals surface area contributed by atoms with Crippen LogP contribution in [-0.2, 0) is 20.0 Å². The Morgan fingerprint density at radius 2 is 1.52 bits per heavy atom. The molecular formula is C14H17FN4O4S2. The van der Waals surface area contributed by atoms with Gasteiger partial charge in [0, 0.05) is 26.2 Å². The molecule has 1 saturated heterocycles. The van der Waals surface area contributed by atoms with Crippen molar-refractivity contribution in [2.24, 2.45) is 0 Å². The molecule has 1 N–H and O–H groups in total. The van der Waals surface area contributed by atoms with Gasteiger partial charge in [-0.3, -0.25) is 0 Å². The number of rotatable bonds is 4. The van der Waals surface area contributed by atoms with Gasteiger partial charge in [0.25, 0.3) is 10.0 Å². The van der Waals surface area contributed by atoms with Crippen molar-refractivity contribution in [2.75, 3.05) is 26.2 Å². The number of H-pyrrole nitrogens is 1.